The number of halogens is 1. The molecular formula is C16H37IN4O3. The van der Waals surface area contributed by atoms with Crippen LogP contribution >= 0.6 is 24.0 Å². The number of guanidine groups is 1. The molecule has 0 amide bonds. The lowest BCUT2D eigenvalue weighted by Crippen LogP contribution is -2.41. The van der Waals surface area contributed by atoms with E-state index in [0.29, 0.717) is 19.8 Å². The van der Waals surface area contributed by atoms with E-state index >= 15 is 0 Å². The lowest BCUT2D eigenvalue weighted by molar-refractivity contribution is 0.0702. The highest BCUT2D eigenvalue weighted by atomic mass is 127. The quantitative estimate of drug-likeness (QED) is 0.166. The number of hydrogen-bond acceptors (Lipinski definition) is 5. The van der Waals surface area contributed by atoms with Crippen LogP contribution in [-0.4, -0.2) is 91.3 Å². The Balaban J connectivity index is 0. The summed E-state index contributed by atoms with van der Waals surface area (Å²) in [6, 6.07) is 0. The Morgan fingerprint density at radius 1 is 0.958 bits per heavy atom. The van der Waals surface area contributed by atoms with Gasteiger partial charge in [-0.05, 0) is 26.8 Å². The summed E-state index contributed by atoms with van der Waals surface area (Å²) >= 11 is 0. The Labute approximate surface area is 164 Å². The van der Waals surface area contributed by atoms with Crippen LogP contribution in [0.1, 0.15) is 19.8 Å². The van der Waals surface area contributed by atoms with Crippen molar-refractivity contribution in [3.05, 3.63) is 0 Å². The maximum atomic E-state index is 5.42. The summed E-state index contributed by atoms with van der Waals surface area (Å²) in [4.78, 5) is 6.84. The number of methoxy groups -OCH3 is 2. The Morgan fingerprint density at radius 3 is 2.38 bits per heavy atom. The maximum absolute atomic E-state index is 5.42. The summed E-state index contributed by atoms with van der Waals surface area (Å²) in [6.07, 6.45) is 1.97. The van der Waals surface area contributed by atoms with Gasteiger partial charge in [-0.25, -0.2) is 0 Å². The van der Waals surface area contributed by atoms with Crippen LogP contribution in [-0.2, 0) is 14.2 Å². The minimum absolute atomic E-state index is 0. The molecule has 0 saturated carbocycles. The van der Waals surface area contributed by atoms with Crippen LogP contribution in [0.4, 0.5) is 0 Å². The summed E-state index contributed by atoms with van der Waals surface area (Å²) in [5.41, 5.74) is 0. The van der Waals surface area contributed by atoms with Crippen LogP contribution in [0.3, 0.4) is 0 Å². The molecule has 0 heterocycles. The van der Waals surface area contributed by atoms with Crippen molar-refractivity contribution in [1.82, 2.24) is 15.5 Å². The van der Waals surface area contributed by atoms with E-state index in [-0.39, 0.29) is 24.0 Å². The molecule has 0 fully saturated rings. The molecule has 0 atom stereocenters. The van der Waals surface area contributed by atoms with Gasteiger partial charge in [0.15, 0.2) is 5.96 Å². The van der Waals surface area contributed by atoms with Crippen molar-refractivity contribution in [2.45, 2.75) is 19.8 Å². The van der Waals surface area contributed by atoms with Gasteiger partial charge in [0, 0.05) is 60.2 Å². The van der Waals surface area contributed by atoms with E-state index in [4.69, 9.17) is 14.2 Å². The average Bonchev–Trinajstić information content (AvgIpc) is 2.54. The average molecular weight is 460 g/mol. The standard InChI is InChI=1S/C16H36N4O3.HI/c1-5-17-16(18-8-6-13-23-15-14-22-4)19-9-11-20(2)10-7-12-21-3;/h5-15H2,1-4H3,(H2,17,18,19);1H. The van der Waals surface area contributed by atoms with Gasteiger partial charge in [0.1, 0.15) is 0 Å². The monoisotopic (exact) mass is 460 g/mol. The Morgan fingerprint density at radius 2 is 1.71 bits per heavy atom. The van der Waals surface area contributed by atoms with Crippen molar-refractivity contribution in [3.8, 4) is 0 Å². The third-order valence-electron chi connectivity index (χ3n) is 3.17. The van der Waals surface area contributed by atoms with E-state index < -0.39 is 0 Å². The van der Waals surface area contributed by atoms with Crippen LogP contribution in [0.25, 0.3) is 0 Å². The smallest absolute Gasteiger partial charge is 0.191 e. The molecule has 0 radical (unpaired) electrons. The minimum Gasteiger partial charge on any atom is -0.385 e. The summed E-state index contributed by atoms with van der Waals surface area (Å²) in [5.74, 6) is 0.870. The minimum atomic E-state index is 0. The van der Waals surface area contributed by atoms with Crippen LogP contribution in [0.15, 0.2) is 4.99 Å². The molecule has 146 valence electrons. The first-order valence-corrected chi connectivity index (χ1v) is 8.50. The number of nitrogens with one attached hydrogen (secondary N) is 2. The van der Waals surface area contributed by atoms with E-state index in [2.05, 4.69) is 34.5 Å². The number of aliphatic imine (C=N–C) groups is 1. The molecule has 2 N–H and O–H groups in total. The normalized spacial score (nSPS) is 11.5. The number of ether oxygens (including phenoxy) is 3. The fourth-order valence-electron chi connectivity index (χ4n) is 1.90. The molecule has 0 rings (SSSR count). The van der Waals surface area contributed by atoms with Crippen LogP contribution < -0.4 is 10.6 Å². The van der Waals surface area contributed by atoms with E-state index in [1.165, 1.54) is 0 Å². The van der Waals surface area contributed by atoms with Gasteiger partial charge in [-0.3, -0.25) is 4.99 Å². The first-order chi connectivity index (χ1) is 11.2. The molecule has 0 saturated heterocycles. The maximum Gasteiger partial charge on any atom is 0.191 e. The topological polar surface area (TPSA) is 67.4 Å². The second kappa shape index (κ2) is 20.9. The van der Waals surface area contributed by atoms with Crippen LogP contribution in [0.5, 0.6) is 0 Å². The number of rotatable bonds is 15. The highest BCUT2D eigenvalue weighted by Crippen LogP contribution is 1.88. The predicted octanol–water partition coefficient (Wildman–Crippen LogP) is 1.18. The molecule has 0 spiro atoms. The SMILES string of the molecule is CCNC(=NCCCOCCOC)NCCN(C)CCCOC.I. The van der Waals surface area contributed by atoms with Crippen LogP contribution in [0.2, 0.25) is 0 Å². The predicted molar refractivity (Wildman–Crippen MR) is 111 cm³/mol. The van der Waals surface area contributed by atoms with Crippen LogP contribution in [0, 0.1) is 0 Å². The lowest BCUT2D eigenvalue weighted by Gasteiger charge is -2.18. The molecule has 0 bridgehead atoms. The third-order valence-corrected chi connectivity index (χ3v) is 3.17. The molecule has 8 heteroatoms. The van der Waals surface area contributed by atoms with Crippen molar-refractivity contribution >= 4 is 29.9 Å². The fourth-order valence-corrected chi connectivity index (χ4v) is 1.90. The zero-order chi connectivity index (χ0) is 17.2. The molecule has 0 aromatic rings. The van der Waals surface area contributed by atoms with Crippen molar-refractivity contribution in [2.24, 2.45) is 4.99 Å². The summed E-state index contributed by atoms with van der Waals surface area (Å²) in [6.45, 7) is 9.41. The Bertz CT molecular complexity index is 284. The molecule has 0 unspecified atom stereocenters. The summed E-state index contributed by atoms with van der Waals surface area (Å²) < 4.78 is 15.4. The first-order valence-electron chi connectivity index (χ1n) is 8.50. The largest absolute Gasteiger partial charge is 0.385 e. The van der Waals surface area contributed by atoms with Gasteiger partial charge >= 0.3 is 0 Å². The second-order valence-corrected chi connectivity index (χ2v) is 5.30. The first kappa shape index (κ1) is 26.1. The Kier molecular flexibility index (Phi) is 22.7. The molecule has 0 aromatic heterocycles. The molecule has 24 heavy (non-hydrogen) atoms. The zero-order valence-corrected chi connectivity index (χ0v) is 18.1. The number of likely N-dealkylation sites (N-methyl/N-ethyl adjacent to an activating group) is 1. The zero-order valence-electron chi connectivity index (χ0n) is 15.8. The molecule has 0 aromatic carbocycles. The van der Waals surface area contributed by atoms with Gasteiger partial charge in [-0.2, -0.15) is 0 Å². The molecule has 7 nitrogen and oxygen atoms in total. The molecule has 0 aliphatic carbocycles. The Hall–Kier alpha value is -0.160. The molecular weight excluding hydrogens is 423 g/mol. The molecule has 0 aliphatic rings. The van der Waals surface area contributed by atoms with Crippen molar-refractivity contribution in [3.63, 3.8) is 0 Å². The van der Waals surface area contributed by atoms with Crippen molar-refractivity contribution in [1.29, 1.82) is 0 Å². The van der Waals surface area contributed by atoms with Gasteiger partial charge in [0.05, 0.1) is 13.2 Å². The lowest BCUT2D eigenvalue weighted by atomic mass is 10.4. The molecule has 0 aliphatic heterocycles. The van der Waals surface area contributed by atoms with E-state index in [9.17, 15) is 0 Å². The second-order valence-electron chi connectivity index (χ2n) is 5.30. The van der Waals surface area contributed by atoms with Crippen molar-refractivity contribution in [2.75, 3.05) is 80.4 Å². The van der Waals surface area contributed by atoms with E-state index in [1.54, 1.807) is 14.2 Å². The summed E-state index contributed by atoms with van der Waals surface area (Å²) in [5, 5.41) is 6.62. The summed E-state index contributed by atoms with van der Waals surface area (Å²) in [7, 11) is 5.54. The van der Waals surface area contributed by atoms with Crippen molar-refractivity contribution < 1.29 is 14.2 Å². The highest BCUT2D eigenvalue weighted by molar-refractivity contribution is 14.0. The third kappa shape index (κ3) is 18.2. The van der Waals surface area contributed by atoms with Gasteiger partial charge in [0.2, 0.25) is 0 Å². The van der Waals surface area contributed by atoms with Gasteiger partial charge in [-0.1, -0.05) is 0 Å². The number of hydrogen-bond donors (Lipinski definition) is 2. The fraction of sp³-hybridized carbons (Fsp3) is 0.938. The van der Waals surface area contributed by atoms with Gasteiger partial charge in [-0.15, -0.1) is 24.0 Å². The van der Waals surface area contributed by atoms with Gasteiger partial charge in [0.25, 0.3) is 0 Å². The number of nitrogens with zero attached hydrogens (tertiary/aromatic N) is 2. The van der Waals surface area contributed by atoms with Gasteiger partial charge < -0.3 is 29.7 Å². The van der Waals surface area contributed by atoms with E-state index in [1.807, 2.05) is 0 Å². The van der Waals surface area contributed by atoms with E-state index in [0.717, 1.165) is 58.1 Å². The highest BCUT2D eigenvalue weighted by Gasteiger charge is 2.00.